The zero-order chi connectivity index (χ0) is 16.3. The molecule has 114 valence electrons. The zero-order valence-corrected chi connectivity index (χ0v) is 12.7. The van der Waals surface area contributed by atoms with Crippen LogP contribution in [0.1, 0.15) is 26.3 Å². The molecule has 0 aliphatic carbocycles. The lowest BCUT2D eigenvalue weighted by Gasteiger charge is -2.17. The minimum absolute atomic E-state index is 0.0667. The van der Waals surface area contributed by atoms with E-state index in [1.54, 1.807) is 31.3 Å². The van der Waals surface area contributed by atoms with Gasteiger partial charge in [-0.15, -0.1) is 0 Å². The second-order valence-electron chi connectivity index (χ2n) is 4.89. The number of rotatable bonds is 4. The molecular formula is C16H15ClN2O3. The van der Waals surface area contributed by atoms with Crippen molar-refractivity contribution in [3.63, 3.8) is 0 Å². The summed E-state index contributed by atoms with van der Waals surface area (Å²) in [6.07, 6.45) is 0. The first-order valence-electron chi connectivity index (χ1n) is 6.51. The minimum atomic E-state index is -0.491. The van der Waals surface area contributed by atoms with Crippen LogP contribution in [0.2, 0.25) is 5.02 Å². The summed E-state index contributed by atoms with van der Waals surface area (Å²) >= 11 is 5.81. The van der Waals surface area contributed by atoms with E-state index in [-0.39, 0.29) is 16.7 Å². The Morgan fingerprint density at radius 2 is 1.73 bits per heavy atom. The standard InChI is InChI=1S/C16H15ClN2O3/c1-19(9-10-2-4-11(5-3-10)15(18)21)16(22)12-6-7-14(20)13(17)8-12/h2-8,20H,9H2,1H3,(H2,18,21). The van der Waals surface area contributed by atoms with Gasteiger partial charge in [-0.2, -0.15) is 0 Å². The lowest BCUT2D eigenvalue weighted by atomic mass is 10.1. The molecule has 0 saturated heterocycles. The van der Waals surface area contributed by atoms with Crippen LogP contribution in [0, 0.1) is 0 Å². The number of halogens is 1. The summed E-state index contributed by atoms with van der Waals surface area (Å²) in [4.78, 5) is 24.8. The molecule has 5 nitrogen and oxygen atoms in total. The highest BCUT2D eigenvalue weighted by Crippen LogP contribution is 2.24. The first-order valence-corrected chi connectivity index (χ1v) is 6.89. The molecule has 3 N–H and O–H groups in total. The summed E-state index contributed by atoms with van der Waals surface area (Å²) in [6.45, 7) is 0.371. The molecular weight excluding hydrogens is 304 g/mol. The molecule has 0 atom stereocenters. The van der Waals surface area contributed by atoms with Gasteiger partial charge in [-0.3, -0.25) is 9.59 Å². The van der Waals surface area contributed by atoms with E-state index >= 15 is 0 Å². The zero-order valence-electron chi connectivity index (χ0n) is 11.9. The number of benzene rings is 2. The van der Waals surface area contributed by atoms with Crippen molar-refractivity contribution in [1.82, 2.24) is 4.90 Å². The number of amides is 2. The summed E-state index contributed by atoms with van der Waals surface area (Å²) < 4.78 is 0. The average Bonchev–Trinajstić information content (AvgIpc) is 2.49. The Morgan fingerprint density at radius 3 is 2.27 bits per heavy atom. The number of nitrogens with zero attached hydrogens (tertiary/aromatic N) is 1. The summed E-state index contributed by atoms with van der Waals surface area (Å²) in [5.41, 5.74) is 6.85. The number of carbonyl (C=O) groups is 2. The van der Waals surface area contributed by atoms with E-state index in [9.17, 15) is 14.7 Å². The predicted molar refractivity (Wildman–Crippen MR) is 83.9 cm³/mol. The van der Waals surface area contributed by atoms with Crippen LogP contribution in [0.5, 0.6) is 5.75 Å². The fourth-order valence-corrected chi connectivity index (χ4v) is 2.16. The van der Waals surface area contributed by atoms with Crippen molar-refractivity contribution in [2.75, 3.05) is 7.05 Å². The molecule has 22 heavy (non-hydrogen) atoms. The largest absolute Gasteiger partial charge is 0.506 e. The Labute approximate surface area is 132 Å². The molecule has 0 aliphatic rings. The topological polar surface area (TPSA) is 83.6 Å². The number of carbonyl (C=O) groups excluding carboxylic acids is 2. The van der Waals surface area contributed by atoms with Crippen LogP contribution >= 0.6 is 11.6 Å². The number of hydrogen-bond donors (Lipinski definition) is 2. The first-order chi connectivity index (χ1) is 10.4. The second-order valence-corrected chi connectivity index (χ2v) is 5.30. The average molecular weight is 319 g/mol. The molecule has 0 unspecified atom stereocenters. The van der Waals surface area contributed by atoms with Crippen LogP contribution in [0.25, 0.3) is 0 Å². The van der Waals surface area contributed by atoms with Crippen molar-refractivity contribution in [2.45, 2.75) is 6.54 Å². The van der Waals surface area contributed by atoms with Crippen LogP contribution in [0.15, 0.2) is 42.5 Å². The second kappa shape index (κ2) is 6.49. The van der Waals surface area contributed by atoms with Gasteiger partial charge in [-0.1, -0.05) is 23.7 Å². The summed E-state index contributed by atoms with van der Waals surface area (Å²) in [5, 5.41) is 9.51. The molecule has 0 aromatic heterocycles. The lowest BCUT2D eigenvalue weighted by molar-refractivity contribution is 0.0784. The van der Waals surface area contributed by atoms with E-state index in [0.717, 1.165) is 5.56 Å². The maximum atomic E-state index is 12.3. The van der Waals surface area contributed by atoms with E-state index in [2.05, 4.69) is 0 Å². The predicted octanol–water partition coefficient (Wildman–Crippen LogP) is 2.42. The molecule has 0 saturated carbocycles. The van der Waals surface area contributed by atoms with Gasteiger partial charge in [0.05, 0.1) is 5.02 Å². The fourth-order valence-electron chi connectivity index (χ4n) is 1.98. The highest BCUT2D eigenvalue weighted by atomic mass is 35.5. The highest BCUT2D eigenvalue weighted by Gasteiger charge is 2.14. The minimum Gasteiger partial charge on any atom is -0.506 e. The van der Waals surface area contributed by atoms with Crippen LogP contribution in [-0.2, 0) is 6.54 Å². The smallest absolute Gasteiger partial charge is 0.253 e. The van der Waals surface area contributed by atoms with E-state index < -0.39 is 5.91 Å². The number of primary amides is 1. The SMILES string of the molecule is CN(Cc1ccc(C(N)=O)cc1)C(=O)c1ccc(O)c(Cl)c1. The summed E-state index contributed by atoms with van der Waals surface area (Å²) in [5.74, 6) is -0.779. The van der Waals surface area contributed by atoms with Crippen LogP contribution in [-0.4, -0.2) is 28.9 Å². The normalized spacial score (nSPS) is 10.3. The van der Waals surface area contributed by atoms with E-state index in [1.165, 1.54) is 23.1 Å². The maximum absolute atomic E-state index is 12.3. The molecule has 0 fully saturated rings. The van der Waals surface area contributed by atoms with Gasteiger partial charge in [0.25, 0.3) is 5.91 Å². The van der Waals surface area contributed by atoms with Crippen molar-refractivity contribution in [1.29, 1.82) is 0 Å². The molecule has 0 bridgehead atoms. The van der Waals surface area contributed by atoms with Gasteiger partial charge in [-0.25, -0.2) is 0 Å². The molecule has 2 amide bonds. The molecule has 0 aliphatic heterocycles. The fraction of sp³-hybridized carbons (Fsp3) is 0.125. The quantitative estimate of drug-likeness (QED) is 0.908. The highest BCUT2D eigenvalue weighted by molar-refractivity contribution is 6.32. The third-order valence-electron chi connectivity index (χ3n) is 3.20. The van der Waals surface area contributed by atoms with Crippen molar-refractivity contribution in [3.8, 4) is 5.75 Å². The Morgan fingerprint density at radius 1 is 1.14 bits per heavy atom. The van der Waals surface area contributed by atoms with Crippen LogP contribution in [0.4, 0.5) is 0 Å². The number of phenols is 1. The molecule has 2 aromatic carbocycles. The van der Waals surface area contributed by atoms with Gasteiger partial charge in [0, 0.05) is 24.7 Å². The van der Waals surface area contributed by atoms with Crippen molar-refractivity contribution in [3.05, 3.63) is 64.2 Å². The van der Waals surface area contributed by atoms with Gasteiger partial charge in [0.1, 0.15) is 5.75 Å². The Balaban J connectivity index is 2.10. The van der Waals surface area contributed by atoms with E-state index in [1.807, 2.05) is 0 Å². The first kappa shape index (κ1) is 15.9. The molecule has 2 rings (SSSR count). The van der Waals surface area contributed by atoms with Crippen LogP contribution in [0.3, 0.4) is 0 Å². The van der Waals surface area contributed by atoms with Gasteiger partial charge in [0.2, 0.25) is 5.91 Å². The van der Waals surface area contributed by atoms with Crippen molar-refractivity contribution >= 4 is 23.4 Å². The number of phenolic OH excluding ortho intramolecular Hbond substituents is 1. The molecule has 2 aromatic rings. The number of hydrogen-bond acceptors (Lipinski definition) is 3. The van der Waals surface area contributed by atoms with E-state index in [0.29, 0.717) is 17.7 Å². The van der Waals surface area contributed by atoms with Gasteiger partial charge in [0.15, 0.2) is 0 Å². The van der Waals surface area contributed by atoms with E-state index in [4.69, 9.17) is 17.3 Å². The monoisotopic (exact) mass is 318 g/mol. The third kappa shape index (κ3) is 3.56. The lowest BCUT2D eigenvalue weighted by Crippen LogP contribution is -2.26. The summed E-state index contributed by atoms with van der Waals surface area (Å²) in [7, 11) is 1.66. The van der Waals surface area contributed by atoms with Crippen molar-refractivity contribution < 1.29 is 14.7 Å². The molecule has 0 radical (unpaired) electrons. The van der Waals surface area contributed by atoms with Gasteiger partial charge >= 0.3 is 0 Å². The van der Waals surface area contributed by atoms with Gasteiger partial charge < -0.3 is 15.7 Å². The van der Waals surface area contributed by atoms with Crippen molar-refractivity contribution in [2.24, 2.45) is 5.73 Å². The number of nitrogens with two attached hydrogens (primary N) is 1. The Hall–Kier alpha value is -2.53. The third-order valence-corrected chi connectivity index (χ3v) is 3.50. The molecule has 6 heteroatoms. The summed E-state index contributed by atoms with van der Waals surface area (Å²) in [6, 6.07) is 11.0. The maximum Gasteiger partial charge on any atom is 0.253 e. The van der Waals surface area contributed by atoms with Crippen LogP contribution < -0.4 is 5.73 Å². The Kier molecular flexibility index (Phi) is 4.68. The number of aromatic hydroxyl groups is 1. The molecule has 0 heterocycles. The van der Waals surface area contributed by atoms with Gasteiger partial charge in [-0.05, 0) is 35.9 Å². The Bertz CT molecular complexity index is 714. The molecule has 0 spiro atoms.